The normalized spacial score (nSPS) is 30.6. The average molecular weight is 239 g/mol. The van der Waals surface area contributed by atoms with Crippen LogP contribution in [0, 0.1) is 0 Å². The monoisotopic (exact) mass is 238 g/mol. The van der Waals surface area contributed by atoms with Gasteiger partial charge < -0.3 is 14.2 Å². The molecule has 90 valence electrons. The van der Waals surface area contributed by atoms with Gasteiger partial charge >= 0.3 is 0 Å². The highest BCUT2D eigenvalue weighted by molar-refractivity contribution is 6.04. The highest BCUT2D eigenvalue weighted by atomic mass is 35.5. The number of rotatable bonds is 3. The number of ether oxygens (including phenoxy) is 3. The van der Waals surface area contributed by atoms with E-state index in [4.69, 9.17) is 18.9 Å². The minimum Gasteiger partial charge on any atom is -0.378 e. The fraction of sp³-hybridized carbons (Fsp3) is 1.00. The van der Waals surface area contributed by atoms with Gasteiger partial charge in [-0.25, -0.2) is 0 Å². The summed E-state index contributed by atoms with van der Waals surface area (Å²) in [4.78, 5) is 0. The summed E-state index contributed by atoms with van der Waals surface area (Å²) >= 11 is 3.64. The first-order chi connectivity index (χ1) is 7.05. The molecule has 0 bridgehead atoms. The van der Waals surface area contributed by atoms with Crippen LogP contribution in [-0.4, -0.2) is 35.9 Å². The van der Waals surface area contributed by atoms with Gasteiger partial charge in [0.1, 0.15) is 0 Å². The van der Waals surface area contributed by atoms with Gasteiger partial charge in [-0.3, -0.25) is 4.66 Å². The van der Waals surface area contributed by atoms with Crippen LogP contribution in [0.3, 0.4) is 0 Å². The summed E-state index contributed by atoms with van der Waals surface area (Å²) in [6.45, 7) is 4.62. The Balaban J connectivity index is 0.000000531. The standard InChI is InChI=1S/C10H18O3.ClHO/c1-9(2)12-7-8(13-9)6-10(11-3)4-5-10;1-2/h8H,4-7H2,1-3H3;2H. The van der Waals surface area contributed by atoms with E-state index in [0.717, 1.165) is 6.42 Å². The minimum absolute atomic E-state index is 0.119. The second-order valence-electron chi connectivity index (χ2n) is 4.54. The Hall–Kier alpha value is 0.130. The molecule has 2 rings (SSSR count). The molecule has 2 fully saturated rings. The Morgan fingerprint density at radius 3 is 2.33 bits per heavy atom. The van der Waals surface area contributed by atoms with Crippen LogP contribution in [0.25, 0.3) is 0 Å². The van der Waals surface area contributed by atoms with Crippen molar-refractivity contribution in [2.45, 2.75) is 50.6 Å². The summed E-state index contributed by atoms with van der Waals surface area (Å²) in [5.74, 6) is -0.394. The van der Waals surface area contributed by atoms with Crippen molar-refractivity contribution in [3.05, 3.63) is 0 Å². The van der Waals surface area contributed by atoms with Crippen molar-refractivity contribution in [3.8, 4) is 0 Å². The fourth-order valence-corrected chi connectivity index (χ4v) is 1.91. The SMILES string of the molecule is COC1(CC2COC(C)(C)O2)CC1.OCl. The molecule has 15 heavy (non-hydrogen) atoms. The van der Waals surface area contributed by atoms with Gasteiger partial charge in [-0.15, -0.1) is 0 Å². The van der Waals surface area contributed by atoms with Crippen LogP contribution in [0.4, 0.5) is 0 Å². The predicted octanol–water partition coefficient (Wildman–Crippen LogP) is 1.84. The van der Waals surface area contributed by atoms with E-state index >= 15 is 0 Å². The topological polar surface area (TPSA) is 47.9 Å². The van der Waals surface area contributed by atoms with Gasteiger partial charge in [0.25, 0.3) is 0 Å². The molecule has 0 amide bonds. The zero-order chi connectivity index (χ0) is 11.5. The summed E-state index contributed by atoms with van der Waals surface area (Å²) in [5.41, 5.74) is 0.119. The van der Waals surface area contributed by atoms with Gasteiger partial charge in [0.2, 0.25) is 0 Å². The molecule has 5 heteroatoms. The lowest BCUT2D eigenvalue weighted by molar-refractivity contribution is -0.142. The molecule has 1 unspecified atom stereocenters. The van der Waals surface area contributed by atoms with E-state index in [1.165, 1.54) is 12.8 Å². The molecule has 0 aromatic rings. The number of methoxy groups -OCH3 is 1. The quantitative estimate of drug-likeness (QED) is 0.815. The minimum atomic E-state index is -0.394. The van der Waals surface area contributed by atoms with Crippen molar-refractivity contribution < 1.29 is 18.9 Å². The Morgan fingerprint density at radius 1 is 1.40 bits per heavy atom. The third-order valence-electron chi connectivity index (χ3n) is 2.91. The number of halogens is 1. The molecule has 1 saturated carbocycles. The zero-order valence-electron chi connectivity index (χ0n) is 9.46. The molecule has 1 aliphatic carbocycles. The highest BCUT2D eigenvalue weighted by Gasteiger charge is 2.47. The maximum Gasteiger partial charge on any atom is 0.163 e. The van der Waals surface area contributed by atoms with Crippen LogP contribution in [-0.2, 0) is 14.2 Å². The van der Waals surface area contributed by atoms with Crippen molar-refractivity contribution in [1.29, 1.82) is 0 Å². The third-order valence-corrected chi connectivity index (χ3v) is 2.91. The summed E-state index contributed by atoms with van der Waals surface area (Å²) in [7, 11) is 1.79. The Bertz CT molecular complexity index is 204. The molecule has 1 aliphatic heterocycles. The van der Waals surface area contributed by atoms with Gasteiger partial charge in [0.05, 0.1) is 30.2 Å². The van der Waals surface area contributed by atoms with Crippen LogP contribution in [0.2, 0.25) is 0 Å². The second-order valence-corrected chi connectivity index (χ2v) is 4.54. The molecule has 2 aliphatic rings. The maximum atomic E-state index is 6.47. The Labute approximate surface area is 95.6 Å². The first-order valence-electron chi connectivity index (χ1n) is 5.09. The van der Waals surface area contributed by atoms with E-state index < -0.39 is 5.79 Å². The van der Waals surface area contributed by atoms with E-state index in [-0.39, 0.29) is 11.7 Å². The van der Waals surface area contributed by atoms with Crippen LogP contribution in [0.5, 0.6) is 0 Å². The highest BCUT2D eigenvalue weighted by Crippen LogP contribution is 2.44. The van der Waals surface area contributed by atoms with Gasteiger partial charge in [-0.1, -0.05) is 0 Å². The number of hydrogen-bond acceptors (Lipinski definition) is 4. The van der Waals surface area contributed by atoms with Crippen LogP contribution in [0.15, 0.2) is 0 Å². The van der Waals surface area contributed by atoms with Gasteiger partial charge in [-0.05, 0) is 26.7 Å². The van der Waals surface area contributed by atoms with Gasteiger partial charge in [-0.2, -0.15) is 0 Å². The van der Waals surface area contributed by atoms with E-state index in [2.05, 4.69) is 11.9 Å². The second kappa shape index (κ2) is 4.97. The average Bonchev–Trinajstić information content (AvgIpc) is 2.90. The van der Waals surface area contributed by atoms with E-state index in [9.17, 15) is 0 Å². The molecule has 0 radical (unpaired) electrons. The molecule has 4 nitrogen and oxygen atoms in total. The molecule has 0 spiro atoms. The molecule has 1 saturated heterocycles. The summed E-state index contributed by atoms with van der Waals surface area (Å²) in [6, 6.07) is 0. The van der Waals surface area contributed by atoms with Crippen molar-refractivity contribution >= 4 is 11.9 Å². The molecular weight excluding hydrogens is 220 g/mol. The van der Waals surface area contributed by atoms with E-state index in [0.29, 0.717) is 6.61 Å². The molecule has 0 aromatic carbocycles. The zero-order valence-corrected chi connectivity index (χ0v) is 10.2. The Morgan fingerprint density at radius 2 is 2.00 bits per heavy atom. The number of hydrogen-bond donors (Lipinski definition) is 1. The largest absolute Gasteiger partial charge is 0.378 e. The fourth-order valence-electron chi connectivity index (χ4n) is 1.91. The smallest absolute Gasteiger partial charge is 0.163 e. The van der Waals surface area contributed by atoms with E-state index in [1.807, 2.05) is 13.8 Å². The van der Waals surface area contributed by atoms with Crippen molar-refractivity contribution in [2.24, 2.45) is 0 Å². The lowest BCUT2D eigenvalue weighted by Crippen LogP contribution is -2.25. The summed E-state index contributed by atoms with van der Waals surface area (Å²) in [6.07, 6.45) is 3.54. The molecule has 1 atom stereocenters. The predicted molar refractivity (Wildman–Crippen MR) is 56.6 cm³/mol. The summed E-state index contributed by atoms with van der Waals surface area (Å²) < 4.78 is 23.1. The third kappa shape index (κ3) is 3.57. The van der Waals surface area contributed by atoms with E-state index in [1.54, 1.807) is 7.11 Å². The molecule has 1 heterocycles. The van der Waals surface area contributed by atoms with Gasteiger partial charge in [0, 0.05) is 13.5 Å². The molecular formula is C10H19ClO4. The Kier molecular flexibility index (Phi) is 4.38. The van der Waals surface area contributed by atoms with Crippen LogP contribution in [0.1, 0.15) is 33.1 Å². The summed E-state index contributed by atoms with van der Waals surface area (Å²) in [5, 5.41) is 0. The molecule has 0 aromatic heterocycles. The van der Waals surface area contributed by atoms with Crippen molar-refractivity contribution in [1.82, 2.24) is 0 Å². The lowest BCUT2D eigenvalue weighted by atomic mass is 10.1. The van der Waals surface area contributed by atoms with Crippen molar-refractivity contribution in [2.75, 3.05) is 13.7 Å². The molecule has 1 N–H and O–H groups in total. The van der Waals surface area contributed by atoms with Crippen LogP contribution < -0.4 is 0 Å². The van der Waals surface area contributed by atoms with Crippen LogP contribution >= 0.6 is 11.9 Å². The first-order valence-corrected chi connectivity index (χ1v) is 5.43. The van der Waals surface area contributed by atoms with Crippen molar-refractivity contribution in [3.63, 3.8) is 0 Å². The maximum absolute atomic E-state index is 6.47. The lowest BCUT2D eigenvalue weighted by Gasteiger charge is -2.20. The van der Waals surface area contributed by atoms with Gasteiger partial charge in [0.15, 0.2) is 5.79 Å². The first kappa shape index (κ1) is 13.2.